The molecule has 0 saturated carbocycles. The highest BCUT2D eigenvalue weighted by atomic mass is 16.5. The van der Waals surface area contributed by atoms with Crippen LogP contribution in [-0.4, -0.2) is 48.4 Å². The molecular formula is C18H25N5O2. The summed E-state index contributed by atoms with van der Waals surface area (Å²) < 4.78 is 11.3. The summed E-state index contributed by atoms with van der Waals surface area (Å²) in [5, 5.41) is 0. The minimum absolute atomic E-state index is 0.0345. The molecule has 2 saturated heterocycles. The molecular weight excluding hydrogens is 318 g/mol. The summed E-state index contributed by atoms with van der Waals surface area (Å²) in [5.74, 6) is 1.91. The van der Waals surface area contributed by atoms with E-state index in [1.165, 1.54) is 5.57 Å². The Morgan fingerprint density at radius 2 is 2.08 bits per heavy atom. The number of ether oxygens (including phenoxy) is 2. The minimum atomic E-state index is 0.0345. The van der Waals surface area contributed by atoms with Gasteiger partial charge in [-0.1, -0.05) is 0 Å². The van der Waals surface area contributed by atoms with Crippen molar-refractivity contribution in [2.24, 2.45) is 0 Å². The molecule has 0 unspecified atom stereocenters. The fourth-order valence-electron chi connectivity index (χ4n) is 3.47. The summed E-state index contributed by atoms with van der Waals surface area (Å²) in [6, 6.07) is 2.40. The summed E-state index contributed by atoms with van der Waals surface area (Å²) in [5.41, 5.74) is 8.99. The van der Waals surface area contributed by atoms with E-state index >= 15 is 0 Å². The summed E-state index contributed by atoms with van der Waals surface area (Å²) in [6.45, 7) is 7.33. The Kier molecular flexibility index (Phi) is 4.70. The van der Waals surface area contributed by atoms with Crippen molar-refractivity contribution in [1.29, 1.82) is 0 Å². The van der Waals surface area contributed by atoms with E-state index in [-0.39, 0.29) is 18.2 Å². The highest BCUT2D eigenvalue weighted by Crippen LogP contribution is 2.33. The number of hydrogen-bond acceptors (Lipinski definition) is 7. The molecule has 2 N–H and O–H groups in total. The second kappa shape index (κ2) is 7.11. The van der Waals surface area contributed by atoms with Crippen molar-refractivity contribution in [2.75, 3.05) is 31.2 Å². The summed E-state index contributed by atoms with van der Waals surface area (Å²) >= 11 is 0. The van der Waals surface area contributed by atoms with Crippen molar-refractivity contribution in [3.8, 4) is 0 Å². The van der Waals surface area contributed by atoms with Gasteiger partial charge in [-0.05, 0) is 38.0 Å². The first kappa shape index (κ1) is 16.5. The Morgan fingerprint density at radius 3 is 2.88 bits per heavy atom. The molecule has 2 atom stereocenters. The normalized spacial score (nSPS) is 26.3. The average molecular weight is 343 g/mol. The molecule has 0 radical (unpaired) electrons. The molecule has 0 aromatic carbocycles. The molecule has 4 rings (SSSR count). The topological polar surface area (TPSA) is 71.5 Å². The Bertz CT molecular complexity index is 682. The molecule has 0 bridgehead atoms. The van der Waals surface area contributed by atoms with Gasteiger partial charge in [0.15, 0.2) is 0 Å². The zero-order chi connectivity index (χ0) is 17.2. The van der Waals surface area contributed by atoms with E-state index in [0.717, 1.165) is 50.0 Å². The number of fused-ring (bicyclic) bond motifs is 1. The Balaban J connectivity index is 1.57. The van der Waals surface area contributed by atoms with Gasteiger partial charge in [0.25, 0.3) is 0 Å². The molecule has 2 aliphatic heterocycles. The smallest absolute Gasteiger partial charge is 0.132 e. The highest BCUT2D eigenvalue weighted by molar-refractivity contribution is 5.44. The van der Waals surface area contributed by atoms with Gasteiger partial charge in [-0.2, -0.15) is 0 Å². The maximum absolute atomic E-state index is 5.88. The molecule has 3 heterocycles. The van der Waals surface area contributed by atoms with Crippen LogP contribution in [0.2, 0.25) is 0 Å². The van der Waals surface area contributed by atoms with Crippen LogP contribution >= 0.6 is 0 Å². The molecule has 0 amide bonds. The number of nitrogens with zero attached hydrogens (tertiary/aromatic N) is 3. The second-order valence-electron chi connectivity index (χ2n) is 6.83. The van der Waals surface area contributed by atoms with Gasteiger partial charge in [0.05, 0.1) is 31.1 Å². The first-order chi connectivity index (χ1) is 12.2. The lowest BCUT2D eigenvalue weighted by Crippen LogP contribution is -2.37. The van der Waals surface area contributed by atoms with Crippen LogP contribution < -0.4 is 15.8 Å². The number of nitrogens with one attached hydrogen (secondary N) is 2. The first-order valence-electron chi connectivity index (χ1n) is 8.94. The predicted molar refractivity (Wildman–Crippen MR) is 94.9 cm³/mol. The Morgan fingerprint density at radius 1 is 1.24 bits per heavy atom. The summed E-state index contributed by atoms with van der Waals surface area (Å²) in [4.78, 5) is 11.2. The van der Waals surface area contributed by atoms with Gasteiger partial charge in [-0.25, -0.2) is 20.8 Å². The SMILES string of the molecule is CC(C)OC1=CC[C@H]2NN[C@@H](c3cc(N4CCOCC4)ncn3)C2=C1. The third kappa shape index (κ3) is 3.53. The maximum Gasteiger partial charge on any atom is 0.132 e. The van der Waals surface area contributed by atoms with Gasteiger partial charge in [-0.15, -0.1) is 0 Å². The molecule has 134 valence electrons. The van der Waals surface area contributed by atoms with Crippen LogP contribution in [0.15, 0.2) is 35.9 Å². The summed E-state index contributed by atoms with van der Waals surface area (Å²) in [7, 11) is 0. The van der Waals surface area contributed by atoms with Crippen molar-refractivity contribution < 1.29 is 9.47 Å². The molecule has 7 nitrogen and oxygen atoms in total. The van der Waals surface area contributed by atoms with Gasteiger partial charge in [0.2, 0.25) is 0 Å². The summed E-state index contributed by atoms with van der Waals surface area (Å²) in [6.07, 6.45) is 7.03. The number of hydrogen-bond donors (Lipinski definition) is 2. The quantitative estimate of drug-likeness (QED) is 0.858. The standard InChI is InChI=1S/C18H25N5O2/c1-12(2)25-13-3-4-15-14(9-13)18(22-21-15)16-10-17(20-11-19-16)23-5-7-24-8-6-23/h3,9-12,15,18,21-22H,4-8H2,1-2H3/t15-,18-/m1/s1. The van der Waals surface area contributed by atoms with Crippen LogP contribution in [0.25, 0.3) is 0 Å². The second-order valence-corrected chi connectivity index (χ2v) is 6.83. The molecule has 1 aliphatic carbocycles. The van der Waals surface area contributed by atoms with Gasteiger partial charge >= 0.3 is 0 Å². The number of morpholine rings is 1. The van der Waals surface area contributed by atoms with E-state index in [4.69, 9.17) is 9.47 Å². The molecule has 2 fully saturated rings. The Labute approximate surface area is 148 Å². The molecule has 25 heavy (non-hydrogen) atoms. The predicted octanol–water partition coefficient (Wildman–Crippen LogP) is 1.47. The lowest BCUT2D eigenvalue weighted by molar-refractivity contribution is 0.122. The fourth-order valence-corrected chi connectivity index (χ4v) is 3.47. The van der Waals surface area contributed by atoms with Crippen LogP contribution in [0.5, 0.6) is 0 Å². The maximum atomic E-state index is 5.88. The molecule has 7 heteroatoms. The molecule has 1 aromatic rings. The lowest BCUT2D eigenvalue weighted by atomic mass is 9.93. The van der Waals surface area contributed by atoms with E-state index in [9.17, 15) is 0 Å². The van der Waals surface area contributed by atoms with Crippen LogP contribution in [0.4, 0.5) is 5.82 Å². The highest BCUT2D eigenvalue weighted by Gasteiger charge is 2.34. The van der Waals surface area contributed by atoms with Crippen LogP contribution in [0.1, 0.15) is 32.0 Å². The third-order valence-electron chi connectivity index (χ3n) is 4.68. The molecule has 1 aromatic heterocycles. The number of hydrazine groups is 1. The van der Waals surface area contributed by atoms with Crippen LogP contribution in [0, 0.1) is 0 Å². The van der Waals surface area contributed by atoms with E-state index in [1.54, 1.807) is 6.33 Å². The Hall–Kier alpha value is -1.96. The van der Waals surface area contributed by atoms with E-state index in [1.807, 2.05) is 13.8 Å². The van der Waals surface area contributed by atoms with Gasteiger partial charge in [0.1, 0.15) is 17.9 Å². The number of aromatic nitrogens is 2. The van der Waals surface area contributed by atoms with E-state index in [2.05, 4.69) is 43.9 Å². The van der Waals surface area contributed by atoms with Crippen LogP contribution in [0.3, 0.4) is 0 Å². The monoisotopic (exact) mass is 343 g/mol. The van der Waals surface area contributed by atoms with E-state index in [0.29, 0.717) is 0 Å². The number of rotatable bonds is 4. The average Bonchev–Trinajstić information content (AvgIpc) is 3.05. The van der Waals surface area contributed by atoms with Crippen molar-refractivity contribution in [3.63, 3.8) is 0 Å². The lowest BCUT2D eigenvalue weighted by Gasteiger charge is -2.28. The zero-order valence-corrected chi connectivity index (χ0v) is 14.7. The molecule has 0 spiro atoms. The largest absolute Gasteiger partial charge is 0.491 e. The van der Waals surface area contributed by atoms with Gasteiger partial charge in [0, 0.05) is 25.2 Å². The van der Waals surface area contributed by atoms with Crippen molar-refractivity contribution >= 4 is 5.82 Å². The number of allylic oxidation sites excluding steroid dienone is 1. The third-order valence-corrected chi connectivity index (χ3v) is 4.68. The fraction of sp³-hybridized carbons (Fsp3) is 0.556. The van der Waals surface area contributed by atoms with Gasteiger partial charge in [-0.3, -0.25) is 0 Å². The van der Waals surface area contributed by atoms with Crippen molar-refractivity contribution in [1.82, 2.24) is 20.8 Å². The van der Waals surface area contributed by atoms with Gasteiger partial charge < -0.3 is 14.4 Å². The molecule has 3 aliphatic rings. The van der Waals surface area contributed by atoms with Crippen molar-refractivity contribution in [3.05, 3.63) is 41.6 Å². The minimum Gasteiger partial charge on any atom is -0.491 e. The van der Waals surface area contributed by atoms with E-state index < -0.39 is 0 Å². The number of anilines is 1. The zero-order valence-electron chi connectivity index (χ0n) is 14.7. The van der Waals surface area contributed by atoms with Crippen LogP contribution in [-0.2, 0) is 9.47 Å². The van der Waals surface area contributed by atoms with Crippen molar-refractivity contribution in [2.45, 2.75) is 38.5 Å². The first-order valence-corrected chi connectivity index (χ1v) is 8.94.